The van der Waals surface area contributed by atoms with Crippen molar-refractivity contribution in [2.45, 2.75) is 26.3 Å². The smallest absolute Gasteiger partial charge is 0.282 e. The number of rotatable bonds is 4. The van der Waals surface area contributed by atoms with Crippen LogP contribution >= 0.6 is 15.9 Å². The summed E-state index contributed by atoms with van der Waals surface area (Å²) in [5.74, 6) is -0.400. The van der Waals surface area contributed by atoms with Crippen molar-refractivity contribution < 1.29 is 19.5 Å². The topological polar surface area (TPSA) is 59.0 Å². The highest BCUT2D eigenvalue weighted by atomic mass is 79.9. The molecule has 0 atom stereocenters. The van der Waals surface area contributed by atoms with Gasteiger partial charge in [-0.2, -0.15) is 0 Å². The molecule has 1 N–H and O–H groups in total. The summed E-state index contributed by atoms with van der Waals surface area (Å²) in [6.07, 6.45) is 0. The van der Waals surface area contributed by atoms with Gasteiger partial charge in [0.25, 0.3) is 5.91 Å². The first-order valence-electron chi connectivity index (χ1n) is 6.48. The maximum absolute atomic E-state index is 12.6. The van der Waals surface area contributed by atoms with Gasteiger partial charge in [0.2, 0.25) is 0 Å². The second-order valence-electron chi connectivity index (χ2n) is 5.35. The number of hydroxylamine groups is 2. The van der Waals surface area contributed by atoms with Crippen LogP contribution in [0.4, 0.5) is 0 Å². The molecule has 0 saturated carbocycles. The normalized spacial score (nSPS) is 17.8. The Balaban J connectivity index is 2.54. The van der Waals surface area contributed by atoms with E-state index in [9.17, 15) is 9.90 Å². The van der Waals surface area contributed by atoms with Crippen molar-refractivity contribution in [1.29, 1.82) is 0 Å². The van der Waals surface area contributed by atoms with E-state index < -0.39 is 5.54 Å². The molecule has 1 aromatic rings. The first-order valence-corrected chi connectivity index (χ1v) is 7.27. The summed E-state index contributed by atoms with van der Waals surface area (Å²) in [4.78, 5) is 18.0. The summed E-state index contributed by atoms with van der Waals surface area (Å²) in [6.45, 7) is 5.26. The molecule has 0 aliphatic carbocycles. The predicted molar refractivity (Wildman–Crippen MR) is 82.3 cm³/mol. The van der Waals surface area contributed by atoms with Gasteiger partial charge in [0, 0.05) is 17.1 Å². The SMILES string of the molecule is COCON1C(=O)C(c2c(C)cccc2Br)=C(O)C1(C)C. The summed E-state index contributed by atoms with van der Waals surface area (Å²) in [6, 6.07) is 5.60. The third kappa shape index (κ3) is 2.59. The number of hydrogen-bond donors (Lipinski definition) is 1. The van der Waals surface area contributed by atoms with Crippen molar-refractivity contribution in [3.63, 3.8) is 0 Å². The molecule has 0 fully saturated rings. The van der Waals surface area contributed by atoms with Gasteiger partial charge in [-0.15, -0.1) is 0 Å². The van der Waals surface area contributed by atoms with Gasteiger partial charge >= 0.3 is 0 Å². The van der Waals surface area contributed by atoms with Crippen LogP contribution in [0.1, 0.15) is 25.0 Å². The molecule has 0 radical (unpaired) electrons. The van der Waals surface area contributed by atoms with Crippen LogP contribution in [0.2, 0.25) is 0 Å². The maximum atomic E-state index is 12.6. The molecular weight excluding hydrogens is 338 g/mol. The number of methoxy groups -OCH3 is 1. The van der Waals surface area contributed by atoms with E-state index >= 15 is 0 Å². The van der Waals surface area contributed by atoms with Crippen LogP contribution < -0.4 is 0 Å². The average molecular weight is 356 g/mol. The highest BCUT2D eigenvalue weighted by Crippen LogP contribution is 2.41. The Labute approximate surface area is 132 Å². The molecule has 2 rings (SSSR count). The molecule has 1 amide bonds. The van der Waals surface area contributed by atoms with E-state index in [-0.39, 0.29) is 24.0 Å². The molecule has 5 nitrogen and oxygen atoms in total. The lowest BCUT2D eigenvalue weighted by Crippen LogP contribution is -2.43. The van der Waals surface area contributed by atoms with Gasteiger partial charge in [0.1, 0.15) is 11.3 Å². The fourth-order valence-electron chi connectivity index (χ4n) is 2.36. The molecule has 0 aromatic heterocycles. The molecule has 1 aromatic carbocycles. The number of ether oxygens (including phenoxy) is 1. The van der Waals surface area contributed by atoms with Gasteiger partial charge in [0.15, 0.2) is 6.79 Å². The first kappa shape index (κ1) is 16.0. The molecule has 21 heavy (non-hydrogen) atoms. The van der Waals surface area contributed by atoms with E-state index in [0.29, 0.717) is 5.56 Å². The zero-order chi connectivity index (χ0) is 15.8. The quantitative estimate of drug-likeness (QED) is 0.842. The lowest BCUT2D eigenvalue weighted by molar-refractivity contribution is -0.238. The van der Waals surface area contributed by atoms with Crippen LogP contribution in [-0.4, -0.2) is 35.5 Å². The number of benzene rings is 1. The van der Waals surface area contributed by atoms with Crippen LogP contribution in [0.3, 0.4) is 0 Å². The summed E-state index contributed by atoms with van der Waals surface area (Å²) in [5.41, 5.74) is 0.869. The van der Waals surface area contributed by atoms with Crippen LogP contribution in [0.25, 0.3) is 5.57 Å². The second-order valence-corrected chi connectivity index (χ2v) is 6.20. The lowest BCUT2D eigenvalue weighted by Gasteiger charge is -2.30. The Kier molecular flexibility index (Phi) is 4.41. The average Bonchev–Trinajstić information content (AvgIpc) is 2.57. The predicted octanol–water partition coefficient (Wildman–Crippen LogP) is 3.18. The first-order chi connectivity index (χ1) is 9.82. The number of aliphatic hydroxyl groups is 1. The van der Waals surface area contributed by atoms with Crippen LogP contribution in [-0.2, 0) is 14.4 Å². The third-order valence-electron chi connectivity index (χ3n) is 3.49. The van der Waals surface area contributed by atoms with E-state index in [1.54, 1.807) is 13.8 Å². The number of carbonyl (C=O) groups excluding carboxylic acids is 1. The Morgan fingerprint density at radius 2 is 2.05 bits per heavy atom. The molecule has 1 aliphatic rings. The fraction of sp³-hybridized carbons (Fsp3) is 0.400. The van der Waals surface area contributed by atoms with Crippen molar-refractivity contribution in [3.05, 3.63) is 39.6 Å². The second kappa shape index (κ2) is 5.79. The fourth-order valence-corrected chi connectivity index (χ4v) is 3.02. The number of hydrogen-bond acceptors (Lipinski definition) is 4. The third-order valence-corrected chi connectivity index (χ3v) is 4.15. The van der Waals surface area contributed by atoms with Gasteiger partial charge in [-0.3, -0.25) is 4.79 Å². The molecule has 0 unspecified atom stereocenters. The van der Waals surface area contributed by atoms with Crippen LogP contribution in [0, 0.1) is 6.92 Å². The Bertz CT molecular complexity index is 589. The Morgan fingerprint density at radius 3 is 2.62 bits per heavy atom. The molecule has 6 heteroatoms. The van der Waals surface area contributed by atoms with Gasteiger partial charge in [0.05, 0.1) is 5.57 Å². The standard InChI is InChI=1S/C15H18BrNO4/c1-9-6-5-7-10(16)11(9)12-13(18)15(2,3)17(14(12)19)21-8-20-4/h5-7,18H,8H2,1-4H3. The monoisotopic (exact) mass is 355 g/mol. The summed E-state index contributed by atoms with van der Waals surface area (Å²) in [5, 5.41) is 11.7. The molecule has 0 saturated heterocycles. The maximum Gasteiger partial charge on any atom is 0.282 e. The molecule has 114 valence electrons. The largest absolute Gasteiger partial charge is 0.509 e. The number of carbonyl (C=O) groups is 1. The minimum absolute atomic E-state index is 0.0152. The molecule has 1 aliphatic heterocycles. The Hall–Kier alpha value is -1.37. The van der Waals surface area contributed by atoms with E-state index in [4.69, 9.17) is 9.57 Å². The zero-order valence-corrected chi connectivity index (χ0v) is 14.0. The number of aliphatic hydroxyl groups excluding tert-OH is 1. The van der Waals surface area contributed by atoms with E-state index in [1.165, 1.54) is 7.11 Å². The van der Waals surface area contributed by atoms with Gasteiger partial charge in [-0.1, -0.05) is 28.1 Å². The summed E-state index contributed by atoms with van der Waals surface area (Å²) >= 11 is 3.44. The lowest BCUT2D eigenvalue weighted by atomic mass is 9.96. The molecular formula is C15H18BrNO4. The number of nitrogens with zero attached hydrogens (tertiary/aromatic N) is 1. The molecule has 0 spiro atoms. The van der Waals surface area contributed by atoms with E-state index in [0.717, 1.165) is 15.1 Å². The Morgan fingerprint density at radius 1 is 1.38 bits per heavy atom. The van der Waals surface area contributed by atoms with Crippen LogP contribution in [0.15, 0.2) is 28.4 Å². The highest BCUT2D eigenvalue weighted by Gasteiger charge is 2.48. The van der Waals surface area contributed by atoms with E-state index in [2.05, 4.69) is 15.9 Å². The minimum atomic E-state index is -0.952. The minimum Gasteiger partial charge on any atom is -0.509 e. The van der Waals surface area contributed by atoms with Gasteiger partial charge < -0.3 is 9.84 Å². The molecule has 0 bridgehead atoms. The number of halogens is 1. The number of amides is 1. The van der Waals surface area contributed by atoms with Gasteiger partial charge in [-0.05, 0) is 32.4 Å². The van der Waals surface area contributed by atoms with Crippen molar-refractivity contribution in [1.82, 2.24) is 5.06 Å². The van der Waals surface area contributed by atoms with Crippen molar-refractivity contribution in [2.24, 2.45) is 0 Å². The highest BCUT2D eigenvalue weighted by molar-refractivity contribution is 9.10. The van der Waals surface area contributed by atoms with Crippen molar-refractivity contribution in [3.8, 4) is 0 Å². The van der Waals surface area contributed by atoms with Gasteiger partial charge in [-0.25, -0.2) is 9.90 Å². The summed E-state index contributed by atoms with van der Waals surface area (Å²) in [7, 11) is 1.47. The zero-order valence-electron chi connectivity index (χ0n) is 12.4. The van der Waals surface area contributed by atoms with Crippen LogP contribution in [0.5, 0.6) is 0 Å². The van der Waals surface area contributed by atoms with Crippen molar-refractivity contribution in [2.75, 3.05) is 13.9 Å². The van der Waals surface area contributed by atoms with Crippen molar-refractivity contribution >= 4 is 27.4 Å². The summed E-state index contributed by atoms with van der Waals surface area (Å²) < 4.78 is 5.60. The number of aryl methyl sites for hydroxylation is 1. The molecule has 1 heterocycles. The van der Waals surface area contributed by atoms with E-state index in [1.807, 2.05) is 25.1 Å².